The minimum absolute atomic E-state index is 0.346. The number of hydrogen-bond acceptors (Lipinski definition) is 2. The standard InChI is InChI=1S/C12H24N2O/c1-11-6-5-9-14(10-11)12(15)7-3-2-4-8-13/h11H,2-10,13H2,1H3/t11-/m0/s1. The molecule has 1 amide bonds. The van der Waals surface area contributed by atoms with Gasteiger partial charge in [-0.2, -0.15) is 0 Å². The Balaban J connectivity index is 2.15. The number of amides is 1. The molecule has 88 valence electrons. The molecule has 1 atom stereocenters. The Kier molecular flexibility index (Phi) is 5.69. The zero-order chi connectivity index (χ0) is 11.1. The van der Waals surface area contributed by atoms with E-state index in [0.717, 1.165) is 38.9 Å². The van der Waals surface area contributed by atoms with Gasteiger partial charge in [-0.05, 0) is 38.1 Å². The number of hydrogen-bond donors (Lipinski definition) is 1. The lowest BCUT2D eigenvalue weighted by Gasteiger charge is -2.31. The molecule has 0 unspecified atom stereocenters. The number of likely N-dealkylation sites (tertiary alicyclic amines) is 1. The molecular weight excluding hydrogens is 188 g/mol. The van der Waals surface area contributed by atoms with Crippen LogP contribution in [0, 0.1) is 5.92 Å². The highest BCUT2D eigenvalue weighted by atomic mass is 16.2. The maximum atomic E-state index is 11.8. The molecule has 0 aromatic heterocycles. The van der Waals surface area contributed by atoms with Crippen molar-refractivity contribution in [3.05, 3.63) is 0 Å². The van der Waals surface area contributed by atoms with Crippen LogP contribution in [0.2, 0.25) is 0 Å². The van der Waals surface area contributed by atoms with Crippen molar-refractivity contribution in [3.63, 3.8) is 0 Å². The van der Waals surface area contributed by atoms with Crippen molar-refractivity contribution in [2.75, 3.05) is 19.6 Å². The van der Waals surface area contributed by atoms with E-state index < -0.39 is 0 Å². The Bertz CT molecular complexity index is 194. The van der Waals surface area contributed by atoms with Crippen molar-refractivity contribution in [1.29, 1.82) is 0 Å². The van der Waals surface area contributed by atoms with Crippen molar-refractivity contribution in [2.45, 2.75) is 45.4 Å². The SMILES string of the molecule is C[C@H]1CCCN(C(=O)CCCCCN)C1. The van der Waals surface area contributed by atoms with Gasteiger partial charge < -0.3 is 10.6 Å². The minimum atomic E-state index is 0.346. The molecule has 1 aliphatic heterocycles. The van der Waals surface area contributed by atoms with Crippen LogP contribution in [-0.2, 0) is 4.79 Å². The van der Waals surface area contributed by atoms with Crippen LogP contribution >= 0.6 is 0 Å². The summed E-state index contributed by atoms with van der Waals surface area (Å²) in [6.45, 7) is 4.92. The molecule has 0 spiro atoms. The fraction of sp³-hybridized carbons (Fsp3) is 0.917. The van der Waals surface area contributed by atoms with Crippen LogP contribution in [0.1, 0.15) is 45.4 Å². The molecule has 0 saturated carbocycles. The zero-order valence-electron chi connectivity index (χ0n) is 9.87. The molecule has 3 nitrogen and oxygen atoms in total. The third-order valence-electron chi connectivity index (χ3n) is 3.10. The second-order valence-corrected chi connectivity index (χ2v) is 4.69. The third-order valence-corrected chi connectivity index (χ3v) is 3.10. The van der Waals surface area contributed by atoms with Gasteiger partial charge in [-0.3, -0.25) is 4.79 Å². The predicted octanol–water partition coefficient (Wildman–Crippen LogP) is 1.76. The van der Waals surface area contributed by atoms with Crippen LogP contribution in [0.15, 0.2) is 0 Å². The molecule has 0 aromatic rings. The maximum absolute atomic E-state index is 11.8. The Morgan fingerprint density at radius 2 is 2.20 bits per heavy atom. The zero-order valence-corrected chi connectivity index (χ0v) is 9.87. The molecule has 3 heteroatoms. The van der Waals surface area contributed by atoms with E-state index in [0.29, 0.717) is 18.2 Å². The lowest BCUT2D eigenvalue weighted by molar-refractivity contribution is -0.133. The van der Waals surface area contributed by atoms with Gasteiger partial charge >= 0.3 is 0 Å². The van der Waals surface area contributed by atoms with Gasteiger partial charge in [0.2, 0.25) is 5.91 Å². The van der Waals surface area contributed by atoms with Crippen molar-refractivity contribution in [3.8, 4) is 0 Å². The highest BCUT2D eigenvalue weighted by molar-refractivity contribution is 5.76. The first-order valence-corrected chi connectivity index (χ1v) is 6.22. The van der Waals surface area contributed by atoms with Gasteiger partial charge in [0, 0.05) is 19.5 Å². The van der Waals surface area contributed by atoms with Crippen molar-refractivity contribution in [2.24, 2.45) is 11.7 Å². The van der Waals surface area contributed by atoms with Crippen LogP contribution in [0.25, 0.3) is 0 Å². The normalized spacial score (nSPS) is 21.7. The Morgan fingerprint density at radius 3 is 2.87 bits per heavy atom. The summed E-state index contributed by atoms with van der Waals surface area (Å²) in [5.74, 6) is 1.03. The predicted molar refractivity (Wildman–Crippen MR) is 62.5 cm³/mol. The van der Waals surface area contributed by atoms with Crippen LogP contribution in [0.5, 0.6) is 0 Å². The Hall–Kier alpha value is -0.570. The van der Waals surface area contributed by atoms with Gasteiger partial charge in [-0.15, -0.1) is 0 Å². The number of unbranched alkanes of at least 4 members (excludes halogenated alkanes) is 2. The van der Waals surface area contributed by atoms with Crippen LogP contribution in [-0.4, -0.2) is 30.4 Å². The summed E-state index contributed by atoms with van der Waals surface area (Å²) in [6, 6.07) is 0. The van der Waals surface area contributed by atoms with Crippen LogP contribution in [0.4, 0.5) is 0 Å². The van der Waals surface area contributed by atoms with E-state index in [9.17, 15) is 4.79 Å². The molecule has 0 aromatic carbocycles. The van der Waals surface area contributed by atoms with Crippen molar-refractivity contribution >= 4 is 5.91 Å². The lowest BCUT2D eigenvalue weighted by Crippen LogP contribution is -2.38. The van der Waals surface area contributed by atoms with E-state index in [2.05, 4.69) is 6.92 Å². The van der Waals surface area contributed by atoms with E-state index in [4.69, 9.17) is 5.73 Å². The van der Waals surface area contributed by atoms with Gasteiger partial charge in [-0.25, -0.2) is 0 Å². The lowest BCUT2D eigenvalue weighted by atomic mass is 10.00. The first kappa shape index (κ1) is 12.5. The maximum Gasteiger partial charge on any atom is 0.222 e. The molecule has 2 N–H and O–H groups in total. The fourth-order valence-electron chi connectivity index (χ4n) is 2.17. The first-order valence-electron chi connectivity index (χ1n) is 6.22. The number of carbonyl (C=O) groups is 1. The molecule has 1 aliphatic rings. The van der Waals surface area contributed by atoms with Crippen molar-refractivity contribution in [1.82, 2.24) is 4.90 Å². The number of piperidine rings is 1. The number of nitrogens with two attached hydrogens (primary N) is 1. The highest BCUT2D eigenvalue weighted by Crippen LogP contribution is 2.16. The molecule has 1 rings (SSSR count). The summed E-state index contributed by atoms with van der Waals surface area (Å²) >= 11 is 0. The molecular formula is C12H24N2O. The smallest absolute Gasteiger partial charge is 0.222 e. The van der Waals surface area contributed by atoms with Crippen LogP contribution < -0.4 is 5.73 Å². The summed E-state index contributed by atoms with van der Waals surface area (Å²) in [5.41, 5.74) is 5.41. The largest absolute Gasteiger partial charge is 0.342 e. The first-order chi connectivity index (χ1) is 7.24. The van der Waals surface area contributed by atoms with Gasteiger partial charge in [0.25, 0.3) is 0 Å². The molecule has 1 saturated heterocycles. The van der Waals surface area contributed by atoms with Crippen molar-refractivity contribution < 1.29 is 4.79 Å². The molecule has 15 heavy (non-hydrogen) atoms. The molecule has 1 fully saturated rings. The van der Waals surface area contributed by atoms with Gasteiger partial charge in [0.15, 0.2) is 0 Å². The monoisotopic (exact) mass is 212 g/mol. The summed E-state index contributed by atoms with van der Waals surface area (Å²) in [4.78, 5) is 13.8. The summed E-state index contributed by atoms with van der Waals surface area (Å²) in [5, 5.41) is 0. The third kappa shape index (κ3) is 4.65. The fourth-order valence-corrected chi connectivity index (χ4v) is 2.17. The van der Waals surface area contributed by atoms with E-state index in [-0.39, 0.29) is 0 Å². The number of nitrogens with zero attached hydrogens (tertiary/aromatic N) is 1. The minimum Gasteiger partial charge on any atom is -0.342 e. The second-order valence-electron chi connectivity index (χ2n) is 4.69. The molecule has 0 aliphatic carbocycles. The summed E-state index contributed by atoms with van der Waals surface area (Å²) < 4.78 is 0. The molecule has 1 heterocycles. The summed E-state index contributed by atoms with van der Waals surface area (Å²) in [7, 11) is 0. The van der Waals surface area contributed by atoms with E-state index >= 15 is 0 Å². The Morgan fingerprint density at radius 1 is 1.40 bits per heavy atom. The van der Waals surface area contributed by atoms with Crippen LogP contribution in [0.3, 0.4) is 0 Å². The topological polar surface area (TPSA) is 46.3 Å². The Labute approximate surface area is 93.0 Å². The molecule has 0 radical (unpaired) electrons. The molecule has 0 bridgehead atoms. The number of carbonyl (C=O) groups excluding carboxylic acids is 1. The van der Waals surface area contributed by atoms with E-state index in [1.165, 1.54) is 12.8 Å². The second kappa shape index (κ2) is 6.83. The van der Waals surface area contributed by atoms with Gasteiger partial charge in [-0.1, -0.05) is 13.3 Å². The highest BCUT2D eigenvalue weighted by Gasteiger charge is 2.19. The quantitative estimate of drug-likeness (QED) is 0.706. The van der Waals surface area contributed by atoms with Gasteiger partial charge in [0.05, 0.1) is 0 Å². The number of rotatable bonds is 5. The summed E-state index contributed by atoms with van der Waals surface area (Å²) in [6.07, 6.45) is 6.30. The van der Waals surface area contributed by atoms with Gasteiger partial charge in [0.1, 0.15) is 0 Å². The average Bonchev–Trinajstić information content (AvgIpc) is 2.24. The van der Waals surface area contributed by atoms with E-state index in [1.54, 1.807) is 0 Å². The average molecular weight is 212 g/mol. The van der Waals surface area contributed by atoms with E-state index in [1.807, 2.05) is 4.90 Å².